The number of anilines is 2. The molecule has 190 valence electrons. The van der Waals surface area contributed by atoms with Crippen molar-refractivity contribution in [1.29, 1.82) is 0 Å². The minimum Gasteiger partial charge on any atom is -0.489 e. The van der Waals surface area contributed by atoms with Gasteiger partial charge >= 0.3 is 0 Å². The number of aromatic nitrogens is 4. The molecule has 0 atom stereocenters. The summed E-state index contributed by atoms with van der Waals surface area (Å²) in [6, 6.07) is 14.3. The molecule has 0 aliphatic carbocycles. The van der Waals surface area contributed by atoms with Crippen LogP contribution in [0.5, 0.6) is 5.75 Å². The summed E-state index contributed by atoms with van der Waals surface area (Å²) in [5, 5.41) is 10.6. The Balaban J connectivity index is 1.29. The second-order valence-corrected chi connectivity index (χ2v) is 9.61. The summed E-state index contributed by atoms with van der Waals surface area (Å²) in [7, 11) is 1.74. The first-order chi connectivity index (χ1) is 17.7. The van der Waals surface area contributed by atoms with Gasteiger partial charge in [0.2, 0.25) is 5.91 Å². The molecule has 2 N–H and O–H groups in total. The number of hydrogen-bond donors (Lipinski definition) is 2. The average molecular weight is 537 g/mol. The van der Waals surface area contributed by atoms with Crippen LogP contribution in [0.3, 0.4) is 0 Å². The highest BCUT2D eigenvalue weighted by Gasteiger charge is 2.12. The van der Waals surface area contributed by atoms with Crippen LogP contribution in [0.1, 0.15) is 27.3 Å². The normalized spacial score (nSPS) is 10.7. The van der Waals surface area contributed by atoms with Gasteiger partial charge in [0.05, 0.1) is 28.2 Å². The zero-order valence-corrected chi connectivity index (χ0v) is 22.1. The number of nitrogens with zero attached hydrogens (tertiary/aromatic N) is 4. The minimum absolute atomic E-state index is 0.151. The zero-order chi connectivity index (χ0) is 26.4. The molecule has 0 radical (unpaired) electrons. The van der Waals surface area contributed by atoms with Gasteiger partial charge in [-0.1, -0.05) is 35.5 Å². The molecular formula is C26H25ClN6O3S. The number of aryl methyl sites for hydroxylation is 3. The summed E-state index contributed by atoms with van der Waals surface area (Å²) in [4.78, 5) is 33.4. The summed E-state index contributed by atoms with van der Waals surface area (Å²) in [6.45, 7) is 4.07. The maximum Gasteiger partial charge on any atom is 0.258 e. The van der Waals surface area contributed by atoms with Crippen LogP contribution in [0.25, 0.3) is 0 Å². The zero-order valence-electron chi connectivity index (χ0n) is 20.5. The number of rotatable bonds is 9. The largest absolute Gasteiger partial charge is 0.489 e. The molecule has 37 heavy (non-hydrogen) atoms. The summed E-state index contributed by atoms with van der Waals surface area (Å²) >= 11 is 7.64. The predicted octanol–water partition coefficient (Wildman–Crippen LogP) is 5.04. The van der Waals surface area contributed by atoms with Gasteiger partial charge < -0.3 is 15.4 Å². The van der Waals surface area contributed by atoms with Gasteiger partial charge in [-0.3, -0.25) is 14.3 Å². The second-order valence-electron chi connectivity index (χ2n) is 8.26. The Bertz CT molecular complexity index is 1420. The van der Waals surface area contributed by atoms with E-state index in [9.17, 15) is 9.59 Å². The molecule has 0 saturated carbocycles. The molecule has 0 fully saturated rings. The third kappa shape index (κ3) is 7.55. The predicted molar refractivity (Wildman–Crippen MR) is 144 cm³/mol. The number of benzene rings is 2. The molecule has 0 aliphatic rings. The molecule has 0 bridgehead atoms. The van der Waals surface area contributed by atoms with Gasteiger partial charge in [0, 0.05) is 36.4 Å². The molecule has 2 amide bonds. The van der Waals surface area contributed by atoms with E-state index in [1.54, 1.807) is 36.1 Å². The average Bonchev–Trinajstić information content (AvgIpc) is 3.29. The second kappa shape index (κ2) is 11.9. The van der Waals surface area contributed by atoms with E-state index in [0.29, 0.717) is 32.9 Å². The van der Waals surface area contributed by atoms with E-state index in [-0.39, 0.29) is 24.2 Å². The van der Waals surface area contributed by atoms with Crippen molar-refractivity contribution < 1.29 is 14.3 Å². The molecule has 0 saturated heterocycles. The Hall–Kier alpha value is -3.89. The van der Waals surface area contributed by atoms with Crippen LogP contribution < -0.4 is 15.4 Å². The van der Waals surface area contributed by atoms with Crippen LogP contribution >= 0.6 is 23.4 Å². The first-order valence-electron chi connectivity index (χ1n) is 11.3. The van der Waals surface area contributed by atoms with Crippen molar-refractivity contribution in [2.45, 2.75) is 25.6 Å². The summed E-state index contributed by atoms with van der Waals surface area (Å²) in [5.74, 6) is 0.291. The monoisotopic (exact) mass is 536 g/mol. The number of ether oxygens (including phenoxy) is 1. The smallest absolute Gasteiger partial charge is 0.258 e. The van der Waals surface area contributed by atoms with Gasteiger partial charge in [0.15, 0.2) is 5.16 Å². The van der Waals surface area contributed by atoms with Crippen molar-refractivity contribution in [1.82, 2.24) is 19.7 Å². The molecule has 0 aliphatic heterocycles. The summed E-state index contributed by atoms with van der Waals surface area (Å²) < 4.78 is 7.41. The van der Waals surface area contributed by atoms with E-state index in [4.69, 9.17) is 16.3 Å². The number of hydrogen-bond acceptors (Lipinski definition) is 7. The van der Waals surface area contributed by atoms with E-state index in [0.717, 1.165) is 17.0 Å². The van der Waals surface area contributed by atoms with Gasteiger partial charge in [0.25, 0.3) is 5.91 Å². The fourth-order valence-electron chi connectivity index (χ4n) is 3.41. The third-order valence-corrected chi connectivity index (χ3v) is 6.23. The molecule has 4 aromatic rings. The lowest BCUT2D eigenvalue weighted by atomic mass is 10.2. The lowest BCUT2D eigenvalue weighted by Gasteiger charge is -2.11. The van der Waals surface area contributed by atoms with Gasteiger partial charge in [-0.05, 0) is 49.7 Å². The fourth-order valence-corrected chi connectivity index (χ4v) is 4.38. The quantitative estimate of drug-likeness (QED) is 0.227. The fraction of sp³-hybridized carbons (Fsp3) is 0.192. The Morgan fingerprint density at radius 3 is 2.54 bits per heavy atom. The van der Waals surface area contributed by atoms with Gasteiger partial charge in [0.1, 0.15) is 12.4 Å². The molecular weight excluding hydrogens is 512 g/mol. The SMILES string of the molecule is Cc1cc(C)nc(SCC(=O)Nc2cccc(COc3ccc(NC(=O)c4cnn(C)c4)c(Cl)c3)c2)n1. The maximum absolute atomic E-state index is 12.4. The first kappa shape index (κ1) is 26.2. The number of carbonyl (C=O) groups is 2. The van der Waals surface area contributed by atoms with E-state index in [2.05, 4.69) is 25.7 Å². The van der Waals surface area contributed by atoms with Gasteiger partial charge in [-0.15, -0.1) is 0 Å². The van der Waals surface area contributed by atoms with E-state index >= 15 is 0 Å². The Morgan fingerprint density at radius 2 is 1.84 bits per heavy atom. The van der Waals surface area contributed by atoms with Crippen molar-refractivity contribution in [3.63, 3.8) is 0 Å². The standard InChI is InChI=1S/C26H25ClN6O3S/c1-16-9-17(2)30-26(29-16)37-15-24(34)31-20-6-4-5-18(10-20)14-36-21-7-8-23(22(27)11-21)32-25(35)19-12-28-33(3)13-19/h4-13H,14-15H2,1-3H3,(H,31,34)(H,32,35). The maximum atomic E-state index is 12.4. The van der Waals surface area contributed by atoms with Crippen molar-refractivity contribution in [2.24, 2.45) is 7.05 Å². The van der Waals surface area contributed by atoms with Crippen LogP contribution in [0.15, 0.2) is 66.1 Å². The Kier molecular flexibility index (Phi) is 8.42. The molecule has 0 unspecified atom stereocenters. The first-order valence-corrected chi connectivity index (χ1v) is 12.7. The van der Waals surface area contributed by atoms with Crippen LogP contribution in [0.2, 0.25) is 5.02 Å². The third-order valence-electron chi connectivity index (χ3n) is 5.07. The van der Waals surface area contributed by atoms with Crippen LogP contribution in [0, 0.1) is 13.8 Å². The van der Waals surface area contributed by atoms with Crippen LogP contribution in [-0.4, -0.2) is 37.3 Å². The lowest BCUT2D eigenvalue weighted by molar-refractivity contribution is -0.113. The number of amides is 2. The van der Waals surface area contributed by atoms with Gasteiger partial charge in [-0.25, -0.2) is 9.97 Å². The van der Waals surface area contributed by atoms with Crippen molar-refractivity contribution in [3.05, 3.63) is 88.5 Å². The van der Waals surface area contributed by atoms with E-state index in [1.165, 1.54) is 18.0 Å². The topological polar surface area (TPSA) is 111 Å². The highest BCUT2D eigenvalue weighted by Crippen LogP contribution is 2.28. The number of nitrogens with one attached hydrogen (secondary N) is 2. The molecule has 2 heterocycles. The lowest BCUT2D eigenvalue weighted by Crippen LogP contribution is -2.14. The highest BCUT2D eigenvalue weighted by atomic mass is 35.5. The highest BCUT2D eigenvalue weighted by molar-refractivity contribution is 7.99. The molecule has 4 rings (SSSR count). The Labute approximate surface area is 223 Å². The Morgan fingerprint density at radius 1 is 1.05 bits per heavy atom. The van der Waals surface area contributed by atoms with E-state index < -0.39 is 0 Å². The molecule has 0 spiro atoms. The molecule has 11 heteroatoms. The van der Waals surface area contributed by atoms with E-state index in [1.807, 2.05) is 44.2 Å². The number of halogens is 1. The van der Waals surface area contributed by atoms with Crippen molar-refractivity contribution >= 4 is 46.6 Å². The van der Waals surface area contributed by atoms with Crippen LogP contribution in [-0.2, 0) is 18.4 Å². The van der Waals surface area contributed by atoms with Gasteiger partial charge in [-0.2, -0.15) is 5.10 Å². The van der Waals surface area contributed by atoms with Crippen molar-refractivity contribution in [2.75, 3.05) is 16.4 Å². The minimum atomic E-state index is -0.303. The van der Waals surface area contributed by atoms with Crippen LogP contribution in [0.4, 0.5) is 11.4 Å². The molecule has 2 aromatic heterocycles. The number of carbonyl (C=O) groups excluding carboxylic acids is 2. The summed E-state index contributed by atoms with van der Waals surface area (Å²) in [6.07, 6.45) is 3.10. The van der Waals surface area contributed by atoms with Crippen molar-refractivity contribution in [3.8, 4) is 5.75 Å². The summed E-state index contributed by atoms with van der Waals surface area (Å²) in [5.41, 5.74) is 4.18. The number of thioether (sulfide) groups is 1. The molecule has 9 nitrogen and oxygen atoms in total. The molecule has 2 aromatic carbocycles.